The molecule has 10 rings (SSSR count). The van der Waals surface area contributed by atoms with Crippen LogP contribution in [0.2, 0.25) is 0 Å². The van der Waals surface area contributed by atoms with Gasteiger partial charge < -0.3 is 41.0 Å². The molecule has 0 amide bonds. The van der Waals surface area contributed by atoms with Crippen molar-refractivity contribution in [3.05, 3.63) is 148 Å². The number of ether oxygens (including phenoxy) is 1. The highest BCUT2D eigenvalue weighted by Crippen LogP contribution is 2.51. The van der Waals surface area contributed by atoms with Crippen LogP contribution < -0.4 is 20.7 Å². The number of nitrogens with one attached hydrogen (secondary N) is 4. The van der Waals surface area contributed by atoms with E-state index in [1.54, 1.807) is 13.2 Å². The van der Waals surface area contributed by atoms with Crippen LogP contribution in [0, 0.1) is 47.3 Å². The summed E-state index contributed by atoms with van der Waals surface area (Å²) >= 11 is 0. The number of aryl methyl sites for hydroxylation is 2. The fraction of sp³-hybridized carbons (Fsp3) is 0.514. The fourth-order valence-corrected chi connectivity index (χ4v) is 14.6. The highest BCUT2D eigenvalue weighted by molar-refractivity contribution is 6.00. The maximum atomic E-state index is 15.4. The number of anilines is 1. The Morgan fingerprint density at radius 1 is 0.863 bits per heavy atom. The number of ketones is 2. The van der Waals surface area contributed by atoms with Crippen LogP contribution in [-0.4, -0.2) is 70.8 Å². The lowest BCUT2D eigenvalue weighted by Gasteiger charge is -2.46. The highest BCUT2D eigenvalue weighted by atomic mass is 16.5. The number of β-amino-alcohol motifs (C(OH)–C–C–N with tert-alkyl or cyclic N) is 1. The molecule has 3 heterocycles. The summed E-state index contributed by atoms with van der Waals surface area (Å²) in [5.41, 5.74) is 9.13. The Morgan fingerprint density at radius 2 is 1.69 bits per heavy atom. The molecule has 2 fully saturated rings. The summed E-state index contributed by atoms with van der Waals surface area (Å²) in [6.45, 7) is 10.8. The van der Waals surface area contributed by atoms with Crippen molar-refractivity contribution in [3.63, 3.8) is 0 Å². The Bertz CT molecular complexity index is 3110. The number of dihydropyridines is 1. The molecule has 3 aliphatic carbocycles. The lowest BCUT2D eigenvalue weighted by molar-refractivity contribution is -0.130. The van der Waals surface area contributed by atoms with Gasteiger partial charge >= 0.3 is 0 Å². The third kappa shape index (κ3) is 13.1. The van der Waals surface area contributed by atoms with Crippen molar-refractivity contribution in [1.29, 1.82) is 0 Å². The summed E-state index contributed by atoms with van der Waals surface area (Å²) in [6.07, 6.45) is 17.8. The Morgan fingerprint density at radius 3 is 2.50 bits per heavy atom. The van der Waals surface area contributed by atoms with Gasteiger partial charge in [-0.05, 0) is 186 Å². The van der Waals surface area contributed by atoms with Gasteiger partial charge in [-0.25, -0.2) is 0 Å². The number of H-pyrrole nitrogens is 1. The average Bonchev–Trinajstić information content (AvgIpc) is 3.93. The van der Waals surface area contributed by atoms with E-state index in [4.69, 9.17) is 4.74 Å². The molecule has 2 aliphatic heterocycles. The van der Waals surface area contributed by atoms with Gasteiger partial charge in [-0.1, -0.05) is 120 Å². The molecule has 10 heteroatoms. The highest BCUT2D eigenvalue weighted by Gasteiger charge is 2.49. The summed E-state index contributed by atoms with van der Waals surface area (Å²) in [7, 11) is 1.55. The van der Waals surface area contributed by atoms with Crippen LogP contribution in [0.4, 0.5) is 5.69 Å². The molecule has 10 nitrogen and oxygen atoms in total. The number of benzene rings is 4. The SMILES string of the molecule is CCC[C@@H]1[C@@H]2C[C@H](CC3=CCNC(=C3)Nc3ccc4ccc(cc4c3)C[C@H](O)CNC[C@H](C)c3c[nH]c(c3)C3(CCCCC3)[C@@H]1O)C[C@H]1C#C[C@H](c3ccccc3CCC(C)C)c3cc(O)c(OC)cc3CCC(=O)CC(=O)[C@H]1C2. The monoisotopic (exact) mass is 1080 g/mol. The zero-order valence-electron chi connectivity index (χ0n) is 48.2. The van der Waals surface area contributed by atoms with Crippen LogP contribution in [0.25, 0.3) is 10.8 Å². The number of fused-ring (bicyclic) bond motifs is 10. The molecule has 80 heavy (non-hydrogen) atoms. The number of aliphatic hydroxyl groups excluding tert-OH is 2. The van der Waals surface area contributed by atoms with Gasteiger partial charge in [0.2, 0.25) is 0 Å². The molecule has 9 bridgehead atoms. The van der Waals surface area contributed by atoms with Gasteiger partial charge in [0.05, 0.1) is 31.7 Å². The van der Waals surface area contributed by atoms with Crippen LogP contribution in [0.5, 0.6) is 11.5 Å². The minimum Gasteiger partial charge on any atom is -0.504 e. The minimum atomic E-state index is -0.666. The molecule has 2 saturated carbocycles. The molecule has 5 aliphatic rings. The van der Waals surface area contributed by atoms with Crippen LogP contribution in [0.1, 0.15) is 168 Å². The molecule has 1 spiro atoms. The molecule has 0 radical (unpaired) electrons. The van der Waals surface area contributed by atoms with Crippen molar-refractivity contribution >= 4 is 28.0 Å². The number of aliphatic hydroxyl groups is 2. The second-order valence-electron chi connectivity index (χ2n) is 25.1. The van der Waals surface area contributed by atoms with Crippen molar-refractivity contribution < 1.29 is 29.6 Å². The van der Waals surface area contributed by atoms with Gasteiger partial charge in [-0.3, -0.25) is 9.59 Å². The van der Waals surface area contributed by atoms with Crippen LogP contribution >= 0.6 is 0 Å². The van der Waals surface area contributed by atoms with Crippen molar-refractivity contribution in [3.8, 4) is 23.3 Å². The third-order valence-electron chi connectivity index (χ3n) is 19.0. The van der Waals surface area contributed by atoms with Crippen molar-refractivity contribution in [2.24, 2.45) is 35.5 Å². The normalized spacial score (nSPS) is 26.8. The lowest BCUT2D eigenvalue weighted by Crippen LogP contribution is -2.48. The molecular weight excluding hydrogens is 993 g/mol. The predicted octanol–water partition coefficient (Wildman–Crippen LogP) is 12.9. The van der Waals surface area contributed by atoms with Gasteiger partial charge in [0, 0.05) is 60.9 Å². The zero-order valence-corrected chi connectivity index (χ0v) is 48.2. The first-order valence-electron chi connectivity index (χ1n) is 30.5. The number of hydrogen-bond donors (Lipinski definition) is 7. The van der Waals surface area contributed by atoms with Crippen LogP contribution in [-0.2, 0) is 34.3 Å². The summed E-state index contributed by atoms with van der Waals surface area (Å²) in [5, 5.41) is 49.5. The van der Waals surface area contributed by atoms with Gasteiger partial charge in [-0.2, -0.15) is 0 Å². The predicted molar refractivity (Wildman–Crippen MR) is 322 cm³/mol. The first kappa shape index (κ1) is 57.1. The quantitative estimate of drug-likeness (QED) is 0.0623. The number of rotatable bonds is 7. The van der Waals surface area contributed by atoms with E-state index in [1.807, 2.05) is 6.07 Å². The maximum absolute atomic E-state index is 15.4. The maximum Gasteiger partial charge on any atom is 0.160 e. The number of phenolic OH excluding ortho intramolecular Hbond substituents is 1. The van der Waals surface area contributed by atoms with Crippen LogP contribution in [0.3, 0.4) is 0 Å². The molecular formula is C70H88N4O6. The number of aromatic nitrogens is 1. The number of aromatic hydroxyl groups is 1. The Hall–Kier alpha value is -6.12. The van der Waals surface area contributed by atoms with Crippen molar-refractivity contribution in [2.75, 3.05) is 32.1 Å². The topological polar surface area (TPSA) is 156 Å². The smallest absolute Gasteiger partial charge is 0.160 e. The Balaban J connectivity index is 1.10. The van der Waals surface area contributed by atoms with E-state index in [2.05, 4.69) is 146 Å². The fourth-order valence-electron chi connectivity index (χ4n) is 14.6. The van der Waals surface area contributed by atoms with E-state index < -0.39 is 29.5 Å². The number of allylic oxidation sites excluding steroid dienone is 2. The third-order valence-corrected chi connectivity index (χ3v) is 19.0. The van der Waals surface area contributed by atoms with Gasteiger partial charge in [0.15, 0.2) is 11.5 Å². The van der Waals surface area contributed by atoms with Crippen LogP contribution in [0.15, 0.2) is 109 Å². The number of methoxy groups -OCH3 is 1. The van der Waals surface area contributed by atoms with E-state index in [1.165, 1.54) is 16.7 Å². The Kier molecular flexibility index (Phi) is 18.4. The number of aromatic amines is 1. The molecule has 0 unspecified atom stereocenters. The van der Waals surface area contributed by atoms with E-state index in [0.29, 0.717) is 57.0 Å². The van der Waals surface area contributed by atoms with E-state index in [0.717, 1.165) is 121 Å². The van der Waals surface area contributed by atoms with Crippen molar-refractivity contribution in [1.82, 2.24) is 15.6 Å². The second kappa shape index (κ2) is 25.8. The van der Waals surface area contributed by atoms with E-state index in [-0.39, 0.29) is 59.7 Å². The van der Waals surface area contributed by atoms with Gasteiger partial charge in [0.1, 0.15) is 17.4 Å². The summed E-state index contributed by atoms with van der Waals surface area (Å²) in [4.78, 5) is 33.5. The van der Waals surface area contributed by atoms with Gasteiger partial charge in [-0.15, -0.1) is 0 Å². The number of Topliss-reactive ketones (excluding diaryl/α,β-unsaturated/α-hetero) is 2. The van der Waals surface area contributed by atoms with Crippen molar-refractivity contribution in [2.45, 2.75) is 166 Å². The number of carbonyl (C=O) groups is 2. The second-order valence-corrected chi connectivity index (χ2v) is 25.1. The summed E-state index contributed by atoms with van der Waals surface area (Å²) < 4.78 is 5.66. The Labute approximate surface area is 476 Å². The van der Waals surface area contributed by atoms with E-state index in [9.17, 15) is 20.1 Å². The largest absolute Gasteiger partial charge is 0.504 e. The molecule has 9 atom stereocenters. The zero-order chi connectivity index (χ0) is 55.9. The molecule has 0 saturated heterocycles. The van der Waals surface area contributed by atoms with Gasteiger partial charge in [0.25, 0.3) is 0 Å². The standard InChI is InChI=1S/C70H88N4O6/c1-6-12-60-54-32-48(31-51-21-24-61(59-14-9-8-13-50(59)17-15-44(2)3)62-40-65(78)66(80-5)37-52(62)20-23-57(75)39-64(77)63(51)36-54)29-47-25-28-72-68(34-47)74-56-22-19-49-18-16-46(30-53(49)35-56)33-58(76)43-71-41-45(4)55-38-67(73-42-55)70(69(60)79)26-10-7-11-27-70/h8-9,13-14,16,18-19,22,25,30,34-35,37-38,40,42,44-45,48,51,54,58,60-61,63,69,71-74,76,78-79H,6-7,10-12,15,17,20,23,26-29,31-33,36,39,41,43H2,1-5H3/t45-,48+,51+,54+,58-,60+,61+,63-,69+/m0/s1. The number of carbonyl (C=O) groups excluding carboxylic acids is 2. The molecule has 424 valence electrons. The molecule has 5 aromatic rings. The number of phenols is 1. The molecule has 4 aromatic carbocycles. The average molecular weight is 1080 g/mol. The summed E-state index contributed by atoms with van der Waals surface area (Å²) in [5.74, 6) is 8.33. The minimum absolute atomic E-state index is 0.0138. The first-order valence-corrected chi connectivity index (χ1v) is 30.5. The molecule has 7 N–H and O–H groups in total. The summed E-state index contributed by atoms with van der Waals surface area (Å²) in [6, 6.07) is 27.4. The number of hydrogen-bond acceptors (Lipinski definition) is 9. The lowest BCUT2D eigenvalue weighted by atomic mass is 9.61. The first-order chi connectivity index (χ1) is 38.8. The molecule has 1 aromatic heterocycles. The van der Waals surface area contributed by atoms with E-state index >= 15 is 4.79 Å².